The second-order valence-corrected chi connectivity index (χ2v) is 8.26. The number of nitrogens with zero attached hydrogens (tertiary/aromatic N) is 3. The molecule has 0 radical (unpaired) electrons. The summed E-state index contributed by atoms with van der Waals surface area (Å²) in [5.74, 6) is 1.52. The van der Waals surface area contributed by atoms with Gasteiger partial charge < -0.3 is 9.80 Å². The summed E-state index contributed by atoms with van der Waals surface area (Å²) < 4.78 is 0. The predicted molar refractivity (Wildman–Crippen MR) is 101 cm³/mol. The Morgan fingerprint density at radius 2 is 2.04 bits per heavy atom. The fourth-order valence-electron chi connectivity index (χ4n) is 4.20. The maximum absolute atomic E-state index is 12.9. The lowest BCUT2D eigenvalue weighted by Crippen LogP contribution is -2.49. The smallest absolute Gasteiger partial charge is 0.227 e. The molecule has 5 heteroatoms. The van der Waals surface area contributed by atoms with Gasteiger partial charge in [0.25, 0.3) is 0 Å². The largest absolute Gasteiger partial charge is 0.342 e. The third-order valence-corrected chi connectivity index (χ3v) is 5.61. The predicted octanol–water partition coefficient (Wildman–Crippen LogP) is 2.76. The summed E-state index contributed by atoms with van der Waals surface area (Å²) in [5, 5.41) is 0. The minimum atomic E-state index is -0.0127. The average molecular weight is 357 g/mol. The van der Waals surface area contributed by atoms with Crippen LogP contribution < -0.4 is 0 Å². The van der Waals surface area contributed by atoms with Crippen LogP contribution in [0.2, 0.25) is 0 Å². The highest BCUT2D eigenvalue weighted by Gasteiger charge is 2.34. The molecule has 1 aromatic heterocycles. The standard InChI is InChI=1S/C21H31N3O2/c1-16(2)14-24-15-19(5-6-20(24)25)21(26)23-10-7-17(8-11-23)12-18-4-3-9-22-13-18/h3-4,9,13,16-17,19H,5-8,10-12,14-15H2,1-2H3. The van der Waals surface area contributed by atoms with E-state index >= 15 is 0 Å². The van der Waals surface area contributed by atoms with Crippen LogP contribution in [0.25, 0.3) is 0 Å². The molecule has 142 valence electrons. The molecule has 2 saturated heterocycles. The summed E-state index contributed by atoms with van der Waals surface area (Å²) in [6, 6.07) is 4.12. The summed E-state index contributed by atoms with van der Waals surface area (Å²) >= 11 is 0. The van der Waals surface area contributed by atoms with Gasteiger partial charge in [0.15, 0.2) is 0 Å². The Balaban J connectivity index is 1.49. The fourth-order valence-corrected chi connectivity index (χ4v) is 4.20. The Morgan fingerprint density at radius 3 is 2.69 bits per heavy atom. The van der Waals surface area contributed by atoms with Crippen molar-refractivity contribution in [1.29, 1.82) is 0 Å². The highest BCUT2D eigenvalue weighted by atomic mass is 16.2. The molecular formula is C21H31N3O2. The first-order valence-electron chi connectivity index (χ1n) is 9.98. The van der Waals surface area contributed by atoms with Crippen LogP contribution in [0.1, 0.15) is 45.1 Å². The second-order valence-electron chi connectivity index (χ2n) is 8.26. The van der Waals surface area contributed by atoms with Crippen molar-refractivity contribution in [1.82, 2.24) is 14.8 Å². The van der Waals surface area contributed by atoms with Crippen LogP contribution in [0.5, 0.6) is 0 Å². The van der Waals surface area contributed by atoms with Crippen LogP contribution in [0.4, 0.5) is 0 Å². The summed E-state index contributed by atoms with van der Waals surface area (Å²) in [6.07, 6.45) is 8.14. The molecule has 5 nitrogen and oxygen atoms in total. The summed E-state index contributed by atoms with van der Waals surface area (Å²) in [5.41, 5.74) is 1.28. The van der Waals surface area contributed by atoms with Crippen molar-refractivity contribution in [3.05, 3.63) is 30.1 Å². The van der Waals surface area contributed by atoms with Crippen molar-refractivity contribution in [3.63, 3.8) is 0 Å². The number of piperidine rings is 2. The van der Waals surface area contributed by atoms with Crippen LogP contribution in [0.3, 0.4) is 0 Å². The Morgan fingerprint density at radius 1 is 1.27 bits per heavy atom. The van der Waals surface area contributed by atoms with Crippen LogP contribution in [0, 0.1) is 17.8 Å². The minimum Gasteiger partial charge on any atom is -0.342 e. The number of carbonyl (C=O) groups excluding carboxylic acids is 2. The number of pyridine rings is 1. The average Bonchev–Trinajstić information content (AvgIpc) is 2.64. The molecule has 1 unspecified atom stereocenters. The monoisotopic (exact) mass is 357 g/mol. The molecule has 26 heavy (non-hydrogen) atoms. The molecule has 0 bridgehead atoms. The van der Waals surface area contributed by atoms with E-state index in [0.717, 1.165) is 38.9 Å². The van der Waals surface area contributed by atoms with Gasteiger partial charge in [-0.2, -0.15) is 0 Å². The summed E-state index contributed by atoms with van der Waals surface area (Å²) in [7, 11) is 0. The van der Waals surface area contributed by atoms with Crippen molar-refractivity contribution < 1.29 is 9.59 Å². The van der Waals surface area contributed by atoms with Gasteiger partial charge in [-0.15, -0.1) is 0 Å². The van der Waals surface area contributed by atoms with E-state index in [1.54, 1.807) is 0 Å². The molecule has 2 amide bonds. The number of likely N-dealkylation sites (tertiary alicyclic amines) is 2. The zero-order chi connectivity index (χ0) is 18.5. The fraction of sp³-hybridized carbons (Fsp3) is 0.667. The Bertz CT molecular complexity index is 609. The minimum absolute atomic E-state index is 0.0127. The first-order chi connectivity index (χ1) is 12.5. The van der Waals surface area contributed by atoms with Gasteiger partial charge in [0.05, 0.1) is 5.92 Å². The summed E-state index contributed by atoms with van der Waals surface area (Å²) in [4.78, 5) is 33.1. The molecular weight excluding hydrogens is 326 g/mol. The molecule has 0 aromatic carbocycles. The van der Waals surface area contributed by atoms with Gasteiger partial charge in [0, 0.05) is 45.0 Å². The van der Waals surface area contributed by atoms with E-state index in [0.29, 0.717) is 31.2 Å². The van der Waals surface area contributed by atoms with Crippen molar-refractivity contribution in [2.45, 2.75) is 46.0 Å². The molecule has 2 aliphatic rings. The molecule has 3 rings (SSSR count). The highest BCUT2D eigenvalue weighted by molar-refractivity contribution is 5.84. The molecule has 2 aliphatic heterocycles. The molecule has 1 aromatic rings. The third kappa shape index (κ3) is 4.83. The number of hydrogen-bond acceptors (Lipinski definition) is 3. The summed E-state index contributed by atoms with van der Waals surface area (Å²) in [6.45, 7) is 7.29. The van der Waals surface area contributed by atoms with Crippen LogP contribution in [0.15, 0.2) is 24.5 Å². The lowest BCUT2D eigenvalue weighted by atomic mass is 9.89. The number of hydrogen-bond donors (Lipinski definition) is 0. The zero-order valence-electron chi connectivity index (χ0n) is 16.1. The molecule has 2 fully saturated rings. The van der Waals surface area contributed by atoms with Crippen LogP contribution >= 0.6 is 0 Å². The molecule has 0 N–H and O–H groups in total. The van der Waals surface area contributed by atoms with Gasteiger partial charge in [-0.1, -0.05) is 19.9 Å². The topological polar surface area (TPSA) is 53.5 Å². The number of amides is 2. The van der Waals surface area contributed by atoms with E-state index < -0.39 is 0 Å². The Kier molecular flexibility index (Phi) is 6.28. The van der Waals surface area contributed by atoms with E-state index in [2.05, 4.69) is 24.9 Å². The molecule has 0 aliphatic carbocycles. The highest BCUT2D eigenvalue weighted by Crippen LogP contribution is 2.26. The Labute approximate surface area is 156 Å². The van der Waals surface area contributed by atoms with Gasteiger partial charge in [0.2, 0.25) is 11.8 Å². The number of carbonyl (C=O) groups is 2. The SMILES string of the molecule is CC(C)CN1CC(C(=O)N2CCC(Cc3cccnc3)CC2)CCC1=O. The van der Waals surface area contributed by atoms with Crippen molar-refractivity contribution in [2.24, 2.45) is 17.8 Å². The van der Waals surface area contributed by atoms with Gasteiger partial charge in [-0.05, 0) is 49.1 Å². The maximum atomic E-state index is 12.9. The molecule has 3 heterocycles. The van der Waals surface area contributed by atoms with E-state index in [1.165, 1.54) is 5.56 Å². The first kappa shape index (κ1) is 18.9. The number of aromatic nitrogens is 1. The van der Waals surface area contributed by atoms with Crippen LogP contribution in [-0.4, -0.2) is 52.8 Å². The zero-order valence-corrected chi connectivity index (χ0v) is 16.1. The first-order valence-corrected chi connectivity index (χ1v) is 9.98. The molecule has 0 spiro atoms. The maximum Gasteiger partial charge on any atom is 0.227 e. The van der Waals surface area contributed by atoms with Gasteiger partial charge in [-0.3, -0.25) is 14.6 Å². The van der Waals surface area contributed by atoms with E-state index in [4.69, 9.17) is 0 Å². The second kappa shape index (κ2) is 8.65. The van der Waals surface area contributed by atoms with E-state index in [-0.39, 0.29) is 17.7 Å². The van der Waals surface area contributed by atoms with Crippen molar-refractivity contribution in [2.75, 3.05) is 26.2 Å². The van der Waals surface area contributed by atoms with E-state index in [1.807, 2.05) is 28.3 Å². The van der Waals surface area contributed by atoms with Crippen molar-refractivity contribution >= 4 is 11.8 Å². The van der Waals surface area contributed by atoms with Gasteiger partial charge in [-0.25, -0.2) is 0 Å². The van der Waals surface area contributed by atoms with E-state index in [9.17, 15) is 9.59 Å². The lowest BCUT2D eigenvalue weighted by Gasteiger charge is -2.38. The third-order valence-electron chi connectivity index (χ3n) is 5.61. The Hall–Kier alpha value is -1.91. The number of rotatable bonds is 5. The van der Waals surface area contributed by atoms with Crippen LogP contribution in [-0.2, 0) is 16.0 Å². The van der Waals surface area contributed by atoms with Crippen molar-refractivity contribution in [3.8, 4) is 0 Å². The lowest BCUT2D eigenvalue weighted by molar-refractivity contribution is -0.144. The normalized spacial score (nSPS) is 22.1. The molecule has 0 saturated carbocycles. The van der Waals surface area contributed by atoms with Gasteiger partial charge >= 0.3 is 0 Å². The quantitative estimate of drug-likeness (QED) is 0.814. The molecule has 1 atom stereocenters. The van der Waals surface area contributed by atoms with Gasteiger partial charge in [0.1, 0.15) is 0 Å².